The van der Waals surface area contributed by atoms with Gasteiger partial charge in [-0.2, -0.15) is 0 Å². The molecule has 0 aliphatic rings. The predicted molar refractivity (Wildman–Crippen MR) is 69.4 cm³/mol. The van der Waals surface area contributed by atoms with Gasteiger partial charge in [-0.1, -0.05) is 6.07 Å². The summed E-state index contributed by atoms with van der Waals surface area (Å²) in [5, 5.41) is 14.3. The van der Waals surface area contributed by atoms with Crippen molar-refractivity contribution in [3.05, 3.63) is 29.8 Å². The van der Waals surface area contributed by atoms with Crippen molar-refractivity contribution in [2.75, 3.05) is 12.4 Å². The maximum atomic E-state index is 11.5. The van der Waals surface area contributed by atoms with Crippen molar-refractivity contribution in [1.29, 1.82) is 0 Å². The van der Waals surface area contributed by atoms with Crippen LogP contribution in [0.1, 0.15) is 30.1 Å². The molecule has 5 heteroatoms. The summed E-state index contributed by atoms with van der Waals surface area (Å²) in [5.74, 6) is -0.375. The molecule has 1 rings (SSSR count). The molecule has 0 spiro atoms. The van der Waals surface area contributed by atoms with E-state index in [1.165, 1.54) is 0 Å². The van der Waals surface area contributed by atoms with Crippen LogP contribution in [0.3, 0.4) is 0 Å². The first-order chi connectivity index (χ1) is 8.52. The first-order valence-electron chi connectivity index (χ1n) is 5.83. The van der Waals surface area contributed by atoms with E-state index >= 15 is 0 Å². The molecule has 1 aromatic rings. The van der Waals surface area contributed by atoms with Crippen molar-refractivity contribution >= 4 is 17.5 Å². The maximum Gasteiger partial charge on any atom is 0.251 e. The van der Waals surface area contributed by atoms with Crippen molar-refractivity contribution in [2.24, 2.45) is 0 Å². The van der Waals surface area contributed by atoms with Gasteiger partial charge in [-0.15, -0.1) is 0 Å². The van der Waals surface area contributed by atoms with Gasteiger partial charge in [0, 0.05) is 24.7 Å². The van der Waals surface area contributed by atoms with Crippen LogP contribution in [0.25, 0.3) is 0 Å². The normalized spacial score (nSPS) is 11.7. The number of carbonyl (C=O) groups is 2. The van der Waals surface area contributed by atoms with E-state index in [-0.39, 0.29) is 18.2 Å². The second kappa shape index (κ2) is 6.76. The molecule has 0 radical (unpaired) electrons. The zero-order chi connectivity index (χ0) is 13.5. The summed E-state index contributed by atoms with van der Waals surface area (Å²) in [6, 6.07) is 6.70. The largest absolute Gasteiger partial charge is 0.393 e. The third-order valence-electron chi connectivity index (χ3n) is 2.42. The molecule has 18 heavy (non-hydrogen) atoms. The van der Waals surface area contributed by atoms with Gasteiger partial charge in [0.2, 0.25) is 5.91 Å². The maximum absolute atomic E-state index is 11.5. The third kappa shape index (κ3) is 4.55. The molecule has 98 valence electrons. The van der Waals surface area contributed by atoms with Gasteiger partial charge in [-0.05, 0) is 31.5 Å². The fraction of sp³-hybridized carbons (Fsp3) is 0.385. The summed E-state index contributed by atoms with van der Waals surface area (Å²) in [6.45, 7) is 1.64. The Morgan fingerprint density at radius 2 is 2.11 bits per heavy atom. The van der Waals surface area contributed by atoms with Gasteiger partial charge in [0.15, 0.2) is 0 Å². The number of hydrogen-bond acceptors (Lipinski definition) is 3. The molecule has 0 aliphatic heterocycles. The molecule has 0 saturated carbocycles. The Morgan fingerprint density at radius 3 is 2.72 bits per heavy atom. The van der Waals surface area contributed by atoms with E-state index in [1.54, 1.807) is 38.2 Å². The second-order valence-corrected chi connectivity index (χ2v) is 4.10. The Bertz CT molecular complexity index is 430. The molecular weight excluding hydrogens is 232 g/mol. The highest BCUT2D eigenvalue weighted by Gasteiger charge is 2.07. The number of nitrogens with one attached hydrogen (secondary N) is 2. The smallest absolute Gasteiger partial charge is 0.251 e. The van der Waals surface area contributed by atoms with Crippen LogP contribution in [0.5, 0.6) is 0 Å². The average Bonchev–Trinajstić information content (AvgIpc) is 2.35. The summed E-state index contributed by atoms with van der Waals surface area (Å²) >= 11 is 0. The van der Waals surface area contributed by atoms with E-state index in [0.717, 1.165) is 0 Å². The summed E-state index contributed by atoms with van der Waals surface area (Å²) in [7, 11) is 1.55. The monoisotopic (exact) mass is 250 g/mol. The fourth-order valence-electron chi connectivity index (χ4n) is 1.45. The van der Waals surface area contributed by atoms with E-state index in [0.29, 0.717) is 17.7 Å². The first-order valence-corrected chi connectivity index (χ1v) is 5.83. The highest BCUT2D eigenvalue weighted by Crippen LogP contribution is 2.11. The van der Waals surface area contributed by atoms with Crippen molar-refractivity contribution in [3.8, 4) is 0 Å². The number of benzene rings is 1. The molecule has 0 fully saturated rings. The minimum Gasteiger partial charge on any atom is -0.393 e. The number of carbonyl (C=O) groups excluding carboxylic acids is 2. The Balaban J connectivity index is 2.62. The molecule has 3 N–H and O–H groups in total. The van der Waals surface area contributed by atoms with Gasteiger partial charge in [-0.3, -0.25) is 9.59 Å². The molecule has 0 aromatic heterocycles. The Labute approximate surface area is 106 Å². The number of aliphatic hydroxyl groups is 1. The van der Waals surface area contributed by atoms with Gasteiger partial charge in [0.1, 0.15) is 0 Å². The molecule has 1 aromatic carbocycles. The standard InChI is InChI=1S/C13H18N2O3/c1-9(16)6-7-12(17)15-11-5-3-4-10(8-11)13(18)14-2/h3-5,8-9,16H,6-7H2,1-2H3,(H,14,18)(H,15,17). The van der Waals surface area contributed by atoms with Crippen LogP contribution >= 0.6 is 0 Å². The lowest BCUT2D eigenvalue weighted by Gasteiger charge is -2.07. The van der Waals surface area contributed by atoms with Gasteiger partial charge < -0.3 is 15.7 Å². The molecule has 0 bridgehead atoms. The second-order valence-electron chi connectivity index (χ2n) is 4.10. The van der Waals surface area contributed by atoms with E-state index in [9.17, 15) is 9.59 Å². The average molecular weight is 250 g/mol. The van der Waals surface area contributed by atoms with Crippen LogP contribution in [0.4, 0.5) is 5.69 Å². The molecule has 1 atom stereocenters. The van der Waals surface area contributed by atoms with Crippen LogP contribution in [0, 0.1) is 0 Å². The number of hydrogen-bond donors (Lipinski definition) is 3. The molecule has 0 heterocycles. The number of amides is 2. The van der Waals surface area contributed by atoms with Crippen LogP contribution in [-0.4, -0.2) is 30.1 Å². The lowest BCUT2D eigenvalue weighted by Crippen LogP contribution is -2.18. The SMILES string of the molecule is CNC(=O)c1cccc(NC(=O)CCC(C)O)c1. The number of aliphatic hydroxyl groups excluding tert-OH is 1. The topological polar surface area (TPSA) is 78.4 Å². The summed E-state index contributed by atoms with van der Waals surface area (Å²) in [4.78, 5) is 23.0. The van der Waals surface area contributed by atoms with Crippen LogP contribution in [0.2, 0.25) is 0 Å². The Hall–Kier alpha value is -1.88. The van der Waals surface area contributed by atoms with Crippen molar-refractivity contribution in [1.82, 2.24) is 5.32 Å². The molecule has 1 unspecified atom stereocenters. The zero-order valence-electron chi connectivity index (χ0n) is 10.6. The Morgan fingerprint density at radius 1 is 1.39 bits per heavy atom. The number of rotatable bonds is 5. The predicted octanol–water partition coefficient (Wildman–Crippen LogP) is 1.15. The summed E-state index contributed by atoms with van der Waals surface area (Å²) in [6.07, 6.45) is 0.177. The molecule has 0 saturated heterocycles. The van der Waals surface area contributed by atoms with Crippen LogP contribution in [0.15, 0.2) is 24.3 Å². The van der Waals surface area contributed by atoms with E-state index in [4.69, 9.17) is 5.11 Å². The Kier molecular flexibility index (Phi) is 5.32. The van der Waals surface area contributed by atoms with Crippen molar-refractivity contribution < 1.29 is 14.7 Å². The van der Waals surface area contributed by atoms with Crippen molar-refractivity contribution in [2.45, 2.75) is 25.9 Å². The fourth-order valence-corrected chi connectivity index (χ4v) is 1.45. The minimum atomic E-state index is -0.493. The van der Waals surface area contributed by atoms with Crippen molar-refractivity contribution in [3.63, 3.8) is 0 Å². The first kappa shape index (κ1) is 14.2. The van der Waals surface area contributed by atoms with Gasteiger partial charge in [-0.25, -0.2) is 0 Å². The molecule has 0 aliphatic carbocycles. The van der Waals surface area contributed by atoms with Gasteiger partial charge in [0.25, 0.3) is 5.91 Å². The third-order valence-corrected chi connectivity index (χ3v) is 2.42. The summed E-state index contributed by atoms with van der Waals surface area (Å²) < 4.78 is 0. The number of anilines is 1. The zero-order valence-corrected chi connectivity index (χ0v) is 10.6. The highest BCUT2D eigenvalue weighted by molar-refractivity contribution is 5.97. The lowest BCUT2D eigenvalue weighted by atomic mass is 10.1. The summed E-state index contributed by atoms with van der Waals surface area (Å²) in [5.41, 5.74) is 1.07. The minimum absolute atomic E-state index is 0.176. The van der Waals surface area contributed by atoms with E-state index in [1.807, 2.05) is 0 Å². The van der Waals surface area contributed by atoms with E-state index < -0.39 is 6.10 Å². The van der Waals surface area contributed by atoms with Crippen LogP contribution < -0.4 is 10.6 Å². The quantitative estimate of drug-likeness (QED) is 0.733. The van der Waals surface area contributed by atoms with Gasteiger partial charge >= 0.3 is 0 Å². The van der Waals surface area contributed by atoms with Crippen LogP contribution in [-0.2, 0) is 4.79 Å². The highest BCUT2D eigenvalue weighted by atomic mass is 16.3. The van der Waals surface area contributed by atoms with Gasteiger partial charge in [0.05, 0.1) is 6.10 Å². The molecular formula is C13H18N2O3. The van der Waals surface area contributed by atoms with E-state index in [2.05, 4.69) is 10.6 Å². The molecule has 5 nitrogen and oxygen atoms in total. The molecule has 2 amide bonds. The lowest BCUT2D eigenvalue weighted by molar-refractivity contribution is -0.116.